The first-order chi connectivity index (χ1) is 6.06. The smallest absolute Gasteiger partial charge is 0.183 e. The molecule has 2 N–H and O–H groups in total. The lowest BCUT2D eigenvalue weighted by Crippen LogP contribution is -2.39. The van der Waals surface area contributed by atoms with Gasteiger partial charge in [-0.05, 0) is 26.6 Å². The van der Waals surface area contributed by atoms with E-state index in [4.69, 9.17) is 4.43 Å². The molecule has 1 aliphatic heterocycles. The average Bonchev–Trinajstić information content (AvgIpc) is 2.06. The van der Waals surface area contributed by atoms with Crippen LogP contribution in [0.4, 0.5) is 0 Å². The molecule has 0 unspecified atom stereocenters. The van der Waals surface area contributed by atoms with E-state index in [-0.39, 0.29) is 0 Å². The molecule has 0 atom stereocenters. The summed E-state index contributed by atoms with van der Waals surface area (Å²) in [6.45, 7) is 14.0. The lowest BCUT2D eigenvalue weighted by molar-refractivity contribution is 0.334. The minimum Gasteiger partial charge on any atom is -0.418 e. The van der Waals surface area contributed by atoms with Gasteiger partial charge in [-0.1, -0.05) is 0 Å². The molecule has 1 aliphatic rings. The Bertz CT molecular complexity index is 99.2. The summed E-state index contributed by atoms with van der Waals surface area (Å²) in [5.41, 5.74) is 0. The molecule has 13 heavy (non-hydrogen) atoms. The van der Waals surface area contributed by atoms with E-state index in [0.717, 1.165) is 32.8 Å². The maximum absolute atomic E-state index is 5.37. The summed E-state index contributed by atoms with van der Waals surface area (Å²) in [6.07, 6.45) is 0. The van der Waals surface area contributed by atoms with Gasteiger partial charge in [0.15, 0.2) is 8.32 Å². The summed E-state index contributed by atoms with van der Waals surface area (Å²) in [7, 11) is -1.16. The van der Waals surface area contributed by atoms with Crippen LogP contribution in [0.1, 0.15) is 6.92 Å². The van der Waals surface area contributed by atoms with Gasteiger partial charge in [0.05, 0.1) is 0 Å². The lowest BCUT2D eigenvalue weighted by atomic mass is 10.4. The summed E-state index contributed by atoms with van der Waals surface area (Å²) in [5.74, 6) is 0. The highest BCUT2D eigenvalue weighted by molar-refractivity contribution is 6.69. The molecule has 4 heteroatoms. The maximum Gasteiger partial charge on any atom is 0.183 e. The SMILES string of the molecule is C1CNCCN1.CCO[Si](C)(C)C. The van der Waals surface area contributed by atoms with Gasteiger partial charge in [-0.15, -0.1) is 0 Å². The van der Waals surface area contributed by atoms with E-state index >= 15 is 0 Å². The predicted molar refractivity (Wildman–Crippen MR) is 60.7 cm³/mol. The molecule has 0 aromatic carbocycles. The second-order valence-corrected chi connectivity index (χ2v) is 8.56. The molecule has 1 saturated heterocycles. The van der Waals surface area contributed by atoms with Crippen molar-refractivity contribution in [1.29, 1.82) is 0 Å². The van der Waals surface area contributed by atoms with Crippen molar-refractivity contribution in [3.63, 3.8) is 0 Å². The predicted octanol–water partition coefficient (Wildman–Crippen LogP) is 1.04. The van der Waals surface area contributed by atoms with E-state index < -0.39 is 8.32 Å². The van der Waals surface area contributed by atoms with Crippen LogP contribution in [0.2, 0.25) is 19.6 Å². The first-order valence-corrected chi connectivity index (χ1v) is 8.52. The molecule has 1 heterocycles. The number of hydrogen-bond acceptors (Lipinski definition) is 3. The molecular formula is C9H24N2OSi. The monoisotopic (exact) mass is 204 g/mol. The Morgan fingerprint density at radius 3 is 1.46 bits per heavy atom. The van der Waals surface area contributed by atoms with Crippen LogP contribution in [0.5, 0.6) is 0 Å². The minimum atomic E-state index is -1.16. The van der Waals surface area contributed by atoms with Crippen molar-refractivity contribution < 1.29 is 4.43 Å². The Morgan fingerprint density at radius 2 is 1.38 bits per heavy atom. The Morgan fingerprint density at radius 1 is 1.00 bits per heavy atom. The van der Waals surface area contributed by atoms with Crippen LogP contribution in [0, 0.1) is 0 Å². The molecule has 80 valence electrons. The van der Waals surface area contributed by atoms with Gasteiger partial charge in [-0.2, -0.15) is 0 Å². The Hall–Kier alpha value is 0.0969. The van der Waals surface area contributed by atoms with Crippen molar-refractivity contribution in [2.24, 2.45) is 0 Å². The molecule has 0 saturated carbocycles. The third-order valence-electron chi connectivity index (χ3n) is 1.53. The van der Waals surface area contributed by atoms with Crippen molar-refractivity contribution in [3.05, 3.63) is 0 Å². The van der Waals surface area contributed by atoms with Crippen molar-refractivity contribution in [1.82, 2.24) is 10.6 Å². The largest absolute Gasteiger partial charge is 0.418 e. The minimum absolute atomic E-state index is 0.871. The summed E-state index contributed by atoms with van der Waals surface area (Å²) >= 11 is 0. The Labute approximate surface area is 83.4 Å². The fourth-order valence-corrected chi connectivity index (χ4v) is 1.90. The summed E-state index contributed by atoms with van der Waals surface area (Å²) in [5, 5.41) is 6.44. The van der Waals surface area contributed by atoms with Crippen LogP contribution in [0.15, 0.2) is 0 Å². The normalized spacial score (nSPS) is 17.5. The molecule has 1 rings (SSSR count). The van der Waals surface area contributed by atoms with Crippen molar-refractivity contribution >= 4 is 8.32 Å². The van der Waals surface area contributed by atoms with Gasteiger partial charge >= 0.3 is 0 Å². The molecular weight excluding hydrogens is 180 g/mol. The third-order valence-corrected chi connectivity index (χ3v) is 2.69. The van der Waals surface area contributed by atoms with E-state index in [1.807, 2.05) is 6.92 Å². The van der Waals surface area contributed by atoms with Crippen LogP contribution in [-0.4, -0.2) is 41.1 Å². The van der Waals surface area contributed by atoms with Crippen LogP contribution < -0.4 is 10.6 Å². The first kappa shape index (κ1) is 13.1. The number of piperazine rings is 1. The van der Waals surface area contributed by atoms with Crippen LogP contribution >= 0.6 is 0 Å². The topological polar surface area (TPSA) is 33.3 Å². The lowest BCUT2D eigenvalue weighted by Gasteiger charge is -2.14. The van der Waals surface area contributed by atoms with Gasteiger partial charge in [-0.3, -0.25) is 0 Å². The fourth-order valence-electron chi connectivity index (χ4n) is 1.04. The van der Waals surface area contributed by atoms with E-state index in [0.29, 0.717) is 0 Å². The van der Waals surface area contributed by atoms with Crippen molar-refractivity contribution in [2.45, 2.75) is 26.6 Å². The average molecular weight is 204 g/mol. The highest BCUT2D eigenvalue weighted by atomic mass is 28.4. The van der Waals surface area contributed by atoms with E-state index in [9.17, 15) is 0 Å². The standard InChI is InChI=1S/C5H14OSi.C4H10N2/c1-5-6-7(2,3)4;1-2-6-4-3-5-1/h5H2,1-4H3;5-6H,1-4H2. The van der Waals surface area contributed by atoms with Crippen LogP contribution in [0.3, 0.4) is 0 Å². The van der Waals surface area contributed by atoms with E-state index in [1.165, 1.54) is 0 Å². The Balaban J connectivity index is 0.000000223. The number of rotatable bonds is 2. The van der Waals surface area contributed by atoms with Gasteiger partial charge in [0.2, 0.25) is 0 Å². The second kappa shape index (κ2) is 7.50. The zero-order valence-corrected chi connectivity index (χ0v) is 10.4. The quantitative estimate of drug-likeness (QED) is 0.659. The molecule has 0 radical (unpaired) electrons. The van der Waals surface area contributed by atoms with Crippen molar-refractivity contribution in [2.75, 3.05) is 32.8 Å². The molecule has 0 aliphatic carbocycles. The summed E-state index contributed by atoms with van der Waals surface area (Å²) in [6, 6.07) is 0. The number of hydrogen-bond donors (Lipinski definition) is 2. The molecule has 0 spiro atoms. The number of nitrogens with one attached hydrogen (secondary N) is 2. The summed E-state index contributed by atoms with van der Waals surface area (Å²) < 4.78 is 5.37. The van der Waals surface area contributed by atoms with Gasteiger partial charge in [-0.25, -0.2) is 0 Å². The summed E-state index contributed by atoms with van der Waals surface area (Å²) in [4.78, 5) is 0. The fraction of sp³-hybridized carbons (Fsp3) is 1.00. The van der Waals surface area contributed by atoms with E-state index in [1.54, 1.807) is 0 Å². The van der Waals surface area contributed by atoms with Gasteiger partial charge in [0.25, 0.3) is 0 Å². The third kappa shape index (κ3) is 12.1. The second-order valence-electron chi connectivity index (χ2n) is 4.05. The molecule has 3 nitrogen and oxygen atoms in total. The highest BCUT2D eigenvalue weighted by Crippen LogP contribution is 2.00. The van der Waals surface area contributed by atoms with Gasteiger partial charge in [0, 0.05) is 32.8 Å². The zero-order valence-electron chi connectivity index (χ0n) is 9.44. The first-order valence-electron chi connectivity index (χ1n) is 5.11. The molecule has 0 amide bonds. The van der Waals surface area contributed by atoms with Gasteiger partial charge < -0.3 is 15.1 Å². The molecule has 0 bridgehead atoms. The Kier molecular flexibility index (Phi) is 7.55. The van der Waals surface area contributed by atoms with Crippen molar-refractivity contribution in [3.8, 4) is 0 Å². The molecule has 0 aromatic heterocycles. The van der Waals surface area contributed by atoms with Gasteiger partial charge in [0.1, 0.15) is 0 Å². The van der Waals surface area contributed by atoms with Crippen LogP contribution in [0.25, 0.3) is 0 Å². The molecule has 0 aromatic rings. The molecule has 1 fully saturated rings. The highest BCUT2D eigenvalue weighted by Gasteiger charge is 2.11. The maximum atomic E-state index is 5.37. The zero-order chi connectivity index (χ0) is 10.2. The van der Waals surface area contributed by atoms with Crippen LogP contribution in [-0.2, 0) is 4.43 Å². The van der Waals surface area contributed by atoms with E-state index in [2.05, 4.69) is 30.3 Å².